The van der Waals surface area contributed by atoms with Crippen molar-refractivity contribution in [3.8, 4) is 0 Å². The maximum absolute atomic E-state index is 13.5. The maximum atomic E-state index is 13.5. The molecule has 1 saturated heterocycles. The normalized spacial score (nSPS) is 21.5. The molecule has 2 rings (SSSR count). The largest absolute Gasteiger partial charge is 0.373 e. The van der Waals surface area contributed by atoms with E-state index in [1.54, 1.807) is 19.4 Å². The molecule has 2 amide bonds. The number of pyridine rings is 1. The van der Waals surface area contributed by atoms with Crippen molar-refractivity contribution in [3.63, 3.8) is 0 Å². The summed E-state index contributed by atoms with van der Waals surface area (Å²) in [6.07, 6.45) is 3.45. The third-order valence-electron chi connectivity index (χ3n) is 4.09. The number of nitrogens with one attached hydrogen (secondary N) is 1. The Morgan fingerprint density at radius 2 is 2.05 bits per heavy atom. The van der Waals surface area contributed by atoms with Crippen LogP contribution in [0.25, 0.3) is 0 Å². The predicted octanol–water partition coefficient (Wildman–Crippen LogP) is 2.43. The third-order valence-corrected chi connectivity index (χ3v) is 4.09. The quantitative estimate of drug-likeness (QED) is 0.932. The van der Waals surface area contributed by atoms with Crippen LogP contribution in [0.5, 0.6) is 0 Å². The minimum absolute atomic E-state index is 0.172. The van der Waals surface area contributed by atoms with Gasteiger partial charge in [0.2, 0.25) is 0 Å². The van der Waals surface area contributed by atoms with Gasteiger partial charge in [0.05, 0.1) is 12.6 Å². The van der Waals surface area contributed by atoms with E-state index < -0.39 is 24.6 Å². The van der Waals surface area contributed by atoms with Gasteiger partial charge in [-0.15, -0.1) is 0 Å². The van der Waals surface area contributed by atoms with Gasteiger partial charge in [0.1, 0.15) is 12.6 Å². The van der Waals surface area contributed by atoms with E-state index >= 15 is 0 Å². The number of ether oxygens (including phenoxy) is 1. The number of aryl methyl sites for hydroxylation is 2. The van der Waals surface area contributed by atoms with Crippen molar-refractivity contribution in [1.29, 1.82) is 0 Å². The highest BCUT2D eigenvalue weighted by molar-refractivity contribution is 5.75. The molecule has 1 aromatic heterocycles. The van der Waals surface area contributed by atoms with Gasteiger partial charge in [-0.1, -0.05) is 0 Å². The van der Waals surface area contributed by atoms with Crippen molar-refractivity contribution in [3.05, 3.63) is 29.1 Å². The number of nitrogens with zero attached hydrogens (tertiary/aromatic N) is 2. The number of hydrogen-bond donors (Lipinski definition) is 1. The van der Waals surface area contributed by atoms with E-state index in [2.05, 4.69) is 10.3 Å². The SMILES string of the molecule is Cc1cncc(C)c1[C@H](C)N(C)C(=O)N[C@H]1COCC1(F)F. The molecule has 0 aliphatic carbocycles. The number of hydrogen-bond acceptors (Lipinski definition) is 3. The van der Waals surface area contributed by atoms with Crippen LogP contribution in [0.1, 0.15) is 29.7 Å². The summed E-state index contributed by atoms with van der Waals surface area (Å²) in [5, 5.41) is 2.35. The molecular formula is C15H21F2N3O2. The summed E-state index contributed by atoms with van der Waals surface area (Å²) in [5.41, 5.74) is 2.89. The van der Waals surface area contributed by atoms with Gasteiger partial charge >= 0.3 is 6.03 Å². The molecule has 122 valence electrons. The molecule has 0 saturated carbocycles. The van der Waals surface area contributed by atoms with E-state index in [1.165, 1.54) is 4.90 Å². The number of carbonyl (C=O) groups is 1. The van der Waals surface area contributed by atoms with Crippen LogP contribution in [0.3, 0.4) is 0 Å². The molecule has 0 unspecified atom stereocenters. The smallest absolute Gasteiger partial charge is 0.318 e. The van der Waals surface area contributed by atoms with Crippen LogP contribution >= 0.6 is 0 Å². The second kappa shape index (κ2) is 6.16. The molecule has 1 aliphatic heterocycles. The Balaban J connectivity index is 2.10. The van der Waals surface area contributed by atoms with E-state index in [4.69, 9.17) is 4.74 Å². The number of carbonyl (C=O) groups excluding carboxylic acids is 1. The number of amides is 2. The fraction of sp³-hybridized carbons (Fsp3) is 0.600. The summed E-state index contributed by atoms with van der Waals surface area (Å²) < 4.78 is 31.8. The molecule has 5 nitrogen and oxygen atoms in total. The van der Waals surface area contributed by atoms with Crippen molar-refractivity contribution in [2.45, 2.75) is 38.8 Å². The second-order valence-electron chi connectivity index (χ2n) is 5.75. The summed E-state index contributed by atoms with van der Waals surface area (Å²) in [6, 6.07) is -2.08. The summed E-state index contributed by atoms with van der Waals surface area (Å²) in [5.74, 6) is -3.03. The second-order valence-corrected chi connectivity index (χ2v) is 5.75. The molecule has 7 heteroatoms. The van der Waals surface area contributed by atoms with Gasteiger partial charge in [0, 0.05) is 19.4 Å². The number of halogens is 2. The van der Waals surface area contributed by atoms with Crippen molar-refractivity contribution < 1.29 is 18.3 Å². The van der Waals surface area contributed by atoms with Gasteiger partial charge in [0.25, 0.3) is 5.92 Å². The van der Waals surface area contributed by atoms with Gasteiger partial charge in [-0.3, -0.25) is 4.98 Å². The molecular weight excluding hydrogens is 292 g/mol. The minimum atomic E-state index is -3.03. The van der Waals surface area contributed by atoms with Crippen LogP contribution in [0.2, 0.25) is 0 Å². The van der Waals surface area contributed by atoms with Crippen molar-refractivity contribution >= 4 is 6.03 Å². The highest BCUT2D eigenvalue weighted by Gasteiger charge is 2.46. The van der Waals surface area contributed by atoms with Crippen LogP contribution in [0.4, 0.5) is 13.6 Å². The van der Waals surface area contributed by atoms with Crippen LogP contribution in [-0.2, 0) is 4.74 Å². The highest BCUT2D eigenvalue weighted by Crippen LogP contribution is 2.27. The molecule has 1 aliphatic rings. The molecule has 22 heavy (non-hydrogen) atoms. The zero-order valence-electron chi connectivity index (χ0n) is 13.2. The van der Waals surface area contributed by atoms with Gasteiger partial charge in [0.15, 0.2) is 0 Å². The molecule has 1 aromatic rings. The van der Waals surface area contributed by atoms with Crippen LogP contribution in [-0.4, -0.2) is 48.1 Å². The number of rotatable bonds is 3. The standard InChI is InChI=1S/C15H21F2N3O2/c1-9-5-18-6-10(2)13(9)11(3)20(4)14(21)19-12-7-22-8-15(12,16)17/h5-6,11-12H,7-8H2,1-4H3,(H,19,21)/t11-,12-/m0/s1. The molecule has 0 bridgehead atoms. The molecule has 0 spiro atoms. The van der Waals surface area contributed by atoms with Crippen molar-refractivity contribution in [1.82, 2.24) is 15.2 Å². The molecule has 1 fully saturated rings. The summed E-state index contributed by atoms with van der Waals surface area (Å²) in [7, 11) is 1.59. The first kappa shape index (κ1) is 16.6. The summed E-state index contributed by atoms with van der Waals surface area (Å²) >= 11 is 0. The topological polar surface area (TPSA) is 54.5 Å². The first-order valence-electron chi connectivity index (χ1n) is 7.14. The Kier molecular flexibility index (Phi) is 4.65. The molecule has 0 radical (unpaired) electrons. The number of aromatic nitrogens is 1. The van der Waals surface area contributed by atoms with E-state index in [1.807, 2.05) is 20.8 Å². The van der Waals surface area contributed by atoms with Gasteiger partial charge < -0.3 is 15.0 Å². The monoisotopic (exact) mass is 313 g/mol. The first-order chi connectivity index (χ1) is 10.2. The fourth-order valence-corrected chi connectivity index (χ4v) is 2.67. The molecule has 0 aromatic carbocycles. The Hall–Kier alpha value is -1.76. The predicted molar refractivity (Wildman–Crippen MR) is 78.0 cm³/mol. The Morgan fingerprint density at radius 3 is 2.55 bits per heavy atom. The van der Waals surface area contributed by atoms with E-state index in [-0.39, 0.29) is 12.6 Å². The molecule has 2 heterocycles. The Bertz CT molecular complexity index is 545. The Labute approximate surface area is 128 Å². The molecule has 2 atom stereocenters. The van der Waals surface area contributed by atoms with Gasteiger partial charge in [-0.25, -0.2) is 13.6 Å². The van der Waals surface area contributed by atoms with Crippen molar-refractivity contribution in [2.24, 2.45) is 0 Å². The zero-order chi connectivity index (χ0) is 16.5. The number of urea groups is 1. The van der Waals surface area contributed by atoms with Crippen molar-refractivity contribution in [2.75, 3.05) is 20.3 Å². The fourth-order valence-electron chi connectivity index (χ4n) is 2.67. The average Bonchev–Trinajstić information content (AvgIpc) is 2.76. The first-order valence-corrected chi connectivity index (χ1v) is 7.14. The lowest BCUT2D eigenvalue weighted by Gasteiger charge is -2.29. The maximum Gasteiger partial charge on any atom is 0.318 e. The third kappa shape index (κ3) is 3.19. The van der Waals surface area contributed by atoms with Gasteiger partial charge in [-0.2, -0.15) is 0 Å². The number of alkyl halides is 2. The highest BCUT2D eigenvalue weighted by atomic mass is 19.3. The van der Waals surface area contributed by atoms with Crippen LogP contribution in [0, 0.1) is 13.8 Å². The average molecular weight is 313 g/mol. The molecule has 1 N–H and O–H groups in total. The Morgan fingerprint density at radius 1 is 1.45 bits per heavy atom. The lowest BCUT2D eigenvalue weighted by molar-refractivity contribution is -0.0223. The lowest BCUT2D eigenvalue weighted by atomic mass is 9.99. The van der Waals surface area contributed by atoms with E-state index in [9.17, 15) is 13.6 Å². The summed E-state index contributed by atoms with van der Waals surface area (Å²) in [4.78, 5) is 17.8. The zero-order valence-corrected chi connectivity index (χ0v) is 13.2. The lowest BCUT2D eigenvalue weighted by Crippen LogP contribution is -2.51. The summed E-state index contributed by atoms with van der Waals surface area (Å²) in [6.45, 7) is 4.86. The van der Waals surface area contributed by atoms with Gasteiger partial charge in [-0.05, 0) is 37.5 Å². The van der Waals surface area contributed by atoms with Crippen LogP contribution < -0.4 is 5.32 Å². The minimum Gasteiger partial charge on any atom is -0.373 e. The van der Waals surface area contributed by atoms with Crippen LogP contribution in [0.15, 0.2) is 12.4 Å². The van der Waals surface area contributed by atoms with E-state index in [0.717, 1.165) is 16.7 Å². The van der Waals surface area contributed by atoms with E-state index in [0.29, 0.717) is 0 Å².